The number of carbonyl (C=O) groups is 1. The number of rotatable bonds is 4. The Morgan fingerprint density at radius 2 is 1.86 bits per heavy atom. The molecule has 1 saturated heterocycles. The zero-order chi connectivity index (χ0) is 24.5. The third kappa shape index (κ3) is 3.52. The van der Waals surface area contributed by atoms with Crippen molar-refractivity contribution in [3.8, 4) is 22.3 Å². The van der Waals surface area contributed by atoms with Gasteiger partial charge in [0.25, 0.3) is 5.91 Å². The molecule has 1 aromatic heterocycles. The van der Waals surface area contributed by atoms with Crippen molar-refractivity contribution in [1.29, 1.82) is 0 Å². The van der Waals surface area contributed by atoms with Gasteiger partial charge in [-0.25, -0.2) is 9.37 Å². The van der Waals surface area contributed by atoms with E-state index in [0.29, 0.717) is 41.6 Å². The number of benzene rings is 2. The zero-order valence-electron chi connectivity index (χ0n) is 19.9. The van der Waals surface area contributed by atoms with Gasteiger partial charge in [-0.3, -0.25) is 9.69 Å². The average molecular weight is 475 g/mol. The Hall–Kier alpha value is -3.32. The number of hydrogen-bond acceptors (Lipinski definition) is 4. The number of piperidine rings is 1. The number of amides is 1. The fourth-order valence-electron chi connectivity index (χ4n) is 5.91. The number of likely N-dealkylation sites (tertiary alicyclic amines) is 1. The second-order valence-electron chi connectivity index (χ2n) is 10.4. The zero-order valence-corrected chi connectivity index (χ0v) is 19.9. The van der Waals surface area contributed by atoms with Gasteiger partial charge in [0.1, 0.15) is 11.6 Å². The van der Waals surface area contributed by atoms with Crippen molar-refractivity contribution in [3.05, 3.63) is 70.9 Å². The van der Waals surface area contributed by atoms with Gasteiger partial charge < -0.3 is 11.1 Å². The number of nitrogens with one attached hydrogen (secondary N) is 1. The number of anilines is 1. The van der Waals surface area contributed by atoms with Crippen LogP contribution in [0.2, 0.25) is 0 Å². The van der Waals surface area contributed by atoms with Crippen LogP contribution in [-0.2, 0) is 11.8 Å². The maximum Gasteiger partial charge on any atom is 0.251 e. The van der Waals surface area contributed by atoms with Crippen LogP contribution >= 0.6 is 0 Å². The number of nitrogens with two attached hydrogens (primary N) is 1. The predicted molar refractivity (Wildman–Crippen MR) is 132 cm³/mol. The van der Waals surface area contributed by atoms with Gasteiger partial charge in [-0.1, -0.05) is 24.3 Å². The largest absolute Gasteiger partial charge is 0.383 e. The third-order valence-electron chi connectivity index (χ3n) is 8.09. The lowest BCUT2D eigenvalue weighted by atomic mass is 9.91. The standard InChI is InChI=1S/C28H28F2N4O/c1-15(2)34-13-19-12-28(19,14-34)18-5-3-16(4-6-18)20-10-23(26(31)33-25(20)30)22-9-17-7-8-32-27(35)21(17)11-24(22)29/h3-6,9-11,15,19H,7-8,12-14H2,1-2H3,(H2,31,33)(H,32,35)/t19-,28+/m1/s1. The molecule has 2 atom stereocenters. The molecule has 1 aliphatic carbocycles. The second kappa shape index (κ2) is 7.85. The Morgan fingerprint density at radius 3 is 2.57 bits per heavy atom. The van der Waals surface area contributed by atoms with Crippen molar-refractivity contribution in [1.82, 2.24) is 15.2 Å². The number of nitrogens with zero attached hydrogens (tertiary/aromatic N) is 2. The topological polar surface area (TPSA) is 71.2 Å². The van der Waals surface area contributed by atoms with Gasteiger partial charge in [0.2, 0.25) is 5.95 Å². The number of pyridine rings is 1. The van der Waals surface area contributed by atoms with E-state index in [4.69, 9.17) is 5.73 Å². The van der Waals surface area contributed by atoms with E-state index in [0.717, 1.165) is 18.7 Å². The summed E-state index contributed by atoms with van der Waals surface area (Å²) in [4.78, 5) is 18.5. The normalized spacial score (nSPS) is 23.2. The van der Waals surface area contributed by atoms with E-state index in [2.05, 4.69) is 41.2 Å². The molecular weight excluding hydrogens is 446 g/mol. The highest BCUT2D eigenvalue weighted by Crippen LogP contribution is 2.59. The Bertz CT molecular complexity index is 1350. The van der Waals surface area contributed by atoms with Crippen LogP contribution in [0.4, 0.5) is 14.6 Å². The van der Waals surface area contributed by atoms with Crippen LogP contribution in [0.15, 0.2) is 42.5 Å². The van der Waals surface area contributed by atoms with Crippen molar-refractivity contribution >= 4 is 11.7 Å². The van der Waals surface area contributed by atoms with Gasteiger partial charge in [0.15, 0.2) is 0 Å². The molecule has 3 N–H and O–H groups in total. The van der Waals surface area contributed by atoms with Crippen molar-refractivity contribution in [2.24, 2.45) is 5.92 Å². The molecule has 3 aliphatic rings. The molecule has 0 unspecified atom stereocenters. The SMILES string of the molecule is CC(C)N1C[C@H]2C[C@@]2(c2ccc(-c3cc(-c4cc5c(cc4F)C(=O)NCC5)c(N)nc3F)cc2)C1. The molecule has 2 aliphatic heterocycles. The smallest absolute Gasteiger partial charge is 0.251 e. The van der Waals surface area contributed by atoms with Crippen LogP contribution in [0, 0.1) is 17.7 Å². The molecule has 1 amide bonds. The second-order valence-corrected chi connectivity index (χ2v) is 10.4. The first-order valence-corrected chi connectivity index (χ1v) is 12.2. The summed E-state index contributed by atoms with van der Waals surface area (Å²) < 4.78 is 30.0. The average Bonchev–Trinajstić information content (AvgIpc) is 3.40. The molecule has 0 spiro atoms. The number of carbonyl (C=O) groups excluding carboxylic acids is 1. The summed E-state index contributed by atoms with van der Waals surface area (Å²) in [6.07, 6.45) is 1.79. The van der Waals surface area contributed by atoms with Crippen LogP contribution in [0.25, 0.3) is 22.3 Å². The summed E-state index contributed by atoms with van der Waals surface area (Å²) in [5, 5.41) is 2.72. The van der Waals surface area contributed by atoms with Crippen LogP contribution in [-0.4, -0.2) is 41.5 Å². The minimum Gasteiger partial charge on any atom is -0.383 e. The van der Waals surface area contributed by atoms with Gasteiger partial charge in [-0.05, 0) is 67.5 Å². The monoisotopic (exact) mass is 474 g/mol. The van der Waals surface area contributed by atoms with Crippen LogP contribution < -0.4 is 11.1 Å². The van der Waals surface area contributed by atoms with E-state index in [1.165, 1.54) is 18.1 Å². The van der Waals surface area contributed by atoms with E-state index in [-0.39, 0.29) is 28.3 Å². The first-order valence-electron chi connectivity index (χ1n) is 12.2. The number of aromatic nitrogens is 1. The van der Waals surface area contributed by atoms with Crippen molar-refractivity contribution in [2.45, 2.75) is 38.1 Å². The van der Waals surface area contributed by atoms with Crippen LogP contribution in [0.5, 0.6) is 0 Å². The maximum absolute atomic E-state index is 15.1. The van der Waals surface area contributed by atoms with Crippen LogP contribution in [0.1, 0.15) is 41.8 Å². The molecule has 6 rings (SSSR count). The van der Waals surface area contributed by atoms with Crippen LogP contribution in [0.3, 0.4) is 0 Å². The molecule has 3 heterocycles. The fourth-order valence-corrected chi connectivity index (χ4v) is 5.91. The lowest BCUT2D eigenvalue weighted by Gasteiger charge is -2.24. The lowest BCUT2D eigenvalue weighted by Crippen LogP contribution is -2.32. The number of halogens is 2. The first kappa shape index (κ1) is 22.2. The first-order chi connectivity index (χ1) is 16.8. The fraction of sp³-hybridized carbons (Fsp3) is 0.357. The molecule has 180 valence electrons. The van der Waals surface area contributed by atoms with Crippen molar-refractivity contribution in [3.63, 3.8) is 0 Å². The highest BCUT2D eigenvalue weighted by molar-refractivity contribution is 5.97. The highest BCUT2D eigenvalue weighted by Gasteiger charge is 2.60. The highest BCUT2D eigenvalue weighted by atomic mass is 19.1. The van der Waals surface area contributed by atoms with Crippen molar-refractivity contribution in [2.75, 3.05) is 25.4 Å². The molecule has 0 bridgehead atoms. The Balaban J connectivity index is 1.35. The molecule has 7 heteroatoms. The number of fused-ring (bicyclic) bond motifs is 2. The van der Waals surface area contributed by atoms with Gasteiger partial charge in [-0.2, -0.15) is 4.39 Å². The van der Waals surface area contributed by atoms with E-state index < -0.39 is 11.8 Å². The summed E-state index contributed by atoms with van der Waals surface area (Å²) in [6.45, 7) is 7.15. The van der Waals surface area contributed by atoms with E-state index in [1.54, 1.807) is 12.1 Å². The summed E-state index contributed by atoms with van der Waals surface area (Å²) in [6, 6.07) is 13.0. The van der Waals surface area contributed by atoms with Gasteiger partial charge in [-0.15, -0.1) is 0 Å². The minimum atomic E-state index is -0.689. The summed E-state index contributed by atoms with van der Waals surface area (Å²) in [5.74, 6) is -0.963. The van der Waals surface area contributed by atoms with Gasteiger partial charge in [0, 0.05) is 53.3 Å². The van der Waals surface area contributed by atoms with Gasteiger partial charge in [0.05, 0.1) is 0 Å². The molecule has 0 radical (unpaired) electrons. The van der Waals surface area contributed by atoms with E-state index in [9.17, 15) is 9.18 Å². The maximum atomic E-state index is 15.1. The Labute approximate surface area is 203 Å². The van der Waals surface area contributed by atoms with E-state index >= 15 is 4.39 Å². The number of nitrogen functional groups attached to an aromatic ring is 1. The molecule has 35 heavy (non-hydrogen) atoms. The lowest BCUT2D eigenvalue weighted by molar-refractivity contribution is 0.0945. The minimum absolute atomic E-state index is 0.0820. The van der Waals surface area contributed by atoms with E-state index in [1.807, 2.05) is 12.1 Å². The molecule has 2 aromatic carbocycles. The summed E-state index contributed by atoms with van der Waals surface area (Å²) >= 11 is 0. The molecule has 3 aromatic rings. The number of hydrogen-bond donors (Lipinski definition) is 2. The molecule has 5 nitrogen and oxygen atoms in total. The Morgan fingerprint density at radius 1 is 1.09 bits per heavy atom. The summed E-state index contributed by atoms with van der Waals surface area (Å²) in [5.41, 5.74) is 10.1. The Kier molecular flexibility index (Phi) is 4.97. The quantitative estimate of drug-likeness (QED) is 0.545. The molecular formula is C28H28F2N4O. The predicted octanol–water partition coefficient (Wildman–Crippen LogP) is 4.54. The van der Waals surface area contributed by atoms with Crippen molar-refractivity contribution < 1.29 is 13.6 Å². The molecule has 2 fully saturated rings. The summed E-state index contributed by atoms with van der Waals surface area (Å²) in [7, 11) is 0. The third-order valence-corrected chi connectivity index (χ3v) is 8.09. The van der Waals surface area contributed by atoms with Gasteiger partial charge >= 0.3 is 0 Å². The molecule has 1 saturated carbocycles.